The first kappa shape index (κ1) is 9.79. The molecule has 1 heteroatoms. The van der Waals surface area contributed by atoms with Gasteiger partial charge in [-0.3, -0.25) is 0 Å². The van der Waals surface area contributed by atoms with Crippen molar-refractivity contribution in [3.8, 4) is 0 Å². The summed E-state index contributed by atoms with van der Waals surface area (Å²) < 4.78 is 5.41. The van der Waals surface area contributed by atoms with E-state index in [0.717, 1.165) is 0 Å². The van der Waals surface area contributed by atoms with Crippen molar-refractivity contribution in [3.05, 3.63) is 11.1 Å². The zero-order valence-electron chi connectivity index (χ0n) is 8.90. The lowest BCUT2D eigenvalue weighted by Crippen LogP contribution is -2.27. The van der Waals surface area contributed by atoms with Crippen molar-refractivity contribution in [3.63, 3.8) is 0 Å². The lowest BCUT2D eigenvalue weighted by molar-refractivity contribution is 0.100. The number of allylic oxidation sites excluding steroid dienone is 1. The molecule has 0 bridgehead atoms. The standard InChI is InChI=1S/C11H20O/c1-8-9(2)11(3,4)7-6-10(8)12-5/h10H,6-7H2,1-5H3. The highest BCUT2D eigenvalue weighted by atomic mass is 16.5. The summed E-state index contributed by atoms with van der Waals surface area (Å²) in [6.45, 7) is 9.07. The van der Waals surface area contributed by atoms with Gasteiger partial charge < -0.3 is 4.74 Å². The number of hydrogen-bond acceptors (Lipinski definition) is 1. The molecule has 0 saturated heterocycles. The van der Waals surface area contributed by atoms with Crippen LogP contribution < -0.4 is 0 Å². The van der Waals surface area contributed by atoms with Crippen LogP contribution in [0, 0.1) is 5.41 Å². The van der Waals surface area contributed by atoms with Gasteiger partial charge in [0, 0.05) is 7.11 Å². The highest BCUT2D eigenvalue weighted by Gasteiger charge is 2.30. The fourth-order valence-electron chi connectivity index (χ4n) is 1.97. The van der Waals surface area contributed by atoms with Crippen molar-refractivity contribution in [1.82, 2.24) is 0 Å². The van der Waals surface area contributed by atoms with Crippen LogP contribution in [0.3, 0.4) is 0 Å². The van der Waals surface area contributed by atoms with Gasteiger partial charge in [-0.1, -0.05) is 19.4 Å². The van der Waals surface area contributed by atoms with Gasteiger partial charge in [-0.05, 0) is 37.7 Å². The average molecular weight is 168 g/mol. The van der Waals surface area contributed by atoms with E-state index in [2.05, 4.69) is 27.7 Å². The molecule has 0 spiro atoms. The van der Waals surface area contributed by atoms with Crippen molar-refractivity contribution >= 4 is 0 Å². The molecule has 0 aromatic carbocycles. The van der Waals surface area contributed by atoms with Crippen LogP contribution in [-0.4, -0.2) is 13.2 Å². The van der Waals surface area contributed by atoms with E-state index >= 15 is 0 Å². The van der Waals surface area contributed by atoms with Gasteiger partial charge in [-0.25, -0.2) is 0 Å². The Morgan fingerprint density at radius 3 is 2.42 bits per heavy atom. The Balaban J connectivity index is 2.93. The summed E-state index contributed by atoms with van der Waals surface area (Å²) in [5, 5.41) is 0. The van der Waals surface area contributed by atoms with Crippen LogP contribution in [0.25, 0.3) is 0 Å². The SMILES string of the molecule is COC1CCC(C)(C)C(C)=C1C. The van der Waals surface area contributed by atoms with Crippen molar-refractivity contribution in [2.75, 3.05) is 7.11 Å². The molecule has 0 radical (unpaired) electrons. The molecular weight excluding hydrogens is 148 g/mol. The van der Waals surface area contributed by atoms with E-state index < -0.39 is 0 Å². The lowest BCUT2D eigenvalue weighted by atomic mass is 9.72. The molecule has 1 nitrogen and oxygen atoms in total. The van der Waals surface area contributed by atoms with Gasteiger partial charge >= 0.3 is 0 Å². The first-order chi connectivity index (χ1) is 5.49. The second-order valence-corrected chi connectivity index (χ2v) is 4.45. The second kappa shape index (κ2) is 3.21. The van der Waals surface area contributed by atoms with Gasteiger partial charge in [0.15, 0.2) is 0 Å². The summed E-state index contributed by atoms with van der Waals surface area (Å²) in [5.41, 5.74) is 3.34. The molecule has 12 heavy (non-hydrogen) atoms. The van der Waals surface area contributed by atoms with Gasteiger partial charge in [0.25, 0.3) is 0 Å². The summed E-state index contributed by atoms with van der Waals surface area (Å²) in [6.07, 6.45) is 2.79. The largest absolute Gasteiger partial charge is 0.377 e. The summed E-state index contributed by atoms with van der Waals surface area (Å²) >= 11 is 0. The van der Waals surface area contributed by atoms with Crippen LogP contribution in [0.15, 0.2) is 11.1 Å². The van der Waals surface area contributed by atoms with Gasteiger partial charge in [0.05, 0.1) is 6.10 Å². The van der Waals surface area contributed by atoms with Gasteiger partial charge in [-0.2, -0.15) is 0 Å². The first-order valence-electron chi connectivity index (χ1n) is 4.69. The van der Waals surface area contributed by atoms with Crippen LogP contribution in [0.5, 0.6) is 0 Å². The number of methoxy groups -OCH3 is 1. The van der Waals surface area contributed by atoms with Gasteiger partial charge in [-0.15, -0.1) is 0 Å². The van der Waals surface area contributed by atoms with E-state index in [0.29, 0.717) is 11.5 Å². The quantitative estimate of drug-likeness (QED) is 0.546. The number of hydrogen-bond donors (Lipinski definition) is 0. The van der Waals surface area contributed by atoms with E-state index in [1.807, 2.05) is 0 Å². The molecule has 1 rings (SSSR count). The molecule has 0 heterocycles. The Hall–Kier alpha value is -0.300. The average Bonchev–Trinajstić information content (AvgIpc) is 2.01. The lowest BCUT2D eigenvalue weighted by Gasteiger charge is -2.36. The summed E-state index contributed by atoms with van der Waals surface area (Å²) in [7, 11) is 1.81. The molecule has 0 aromatic heterocycles. The van der Waals surface area contributed by atoms with Crippen LogP contribution in [-0.2, 0) is 4.74 Å². The molecule has 1 atom stereocenters. The molecule has 0 saturated carbocycles. The molecular formula is C11H20O. The summed E-state index contributed by atoms with van der Waals surface area (Å²) in [5.74, 6) is 0. The molecule has 70 valence electrons. The zero-order valence-corrected chi connectivity index (χ0v) is 8.90. The first-order valence-corrected chi connectivity index (χ1v) is 4.69. The van der Waals surface area contributed by atoms with E-state index in [1.54, 1.807) is 7.11 Å². The van der Waals surface area contributed by atoms with Crippen molar-refractivity contribution in [2.45, 2.75) is 46.6 Å². The third-order valence-electron chi connectivity index (χ3n) is 3.41. The third kappa shape index (κ3) is 1.56. The van der Waals surface area contributed by atoms with Gasteiger partial charge in [0.1, 0.15) is 0 Å². The van der Waals surface area contributed by atoms with E-state index in [4.69, 9.17) is 4.74 Å². The maximum atomic E-state index is 5.41. The van der Waals surface area contributed by atoms with Crippen molar-refractivity contribution in [2.24, 2.45) is 5.41 Å². The van der Waals surface area contributed by atoms with E-state index in [-0.39, 0.29) is 0 Å². The molecule has 0 fully saturated rings. The van der Waals surface area contributed by atoms with Crippen LogP contribution >= 0.6 is 0 Å². The third-order valence-corrected chi connectivity index (χ3v) is 3.41. The molecule has 1 aliphatic carbocycles. The van der Waals surface area contributed by atoms with E-state index in [9.17, 15) is 0 Å². The van der Waals surface area contributed by atoms with Crippen molar-refractivity contribution in [1.29, 1.82) is 0 Å². The number of rotatable bonds is 1. The molecule has 1 unspecified atom stereocenters. The molecule has 0 amide bonds. The fraction of sp³-hybridized carbons (Fsp3) is 0.818. The topological polar surface area (TPSA) is 9.23 Å². The van der Waals surface area contributed by atoms with Crippen LogP contribution in [0.2, 0.25) is 0 Å². The van der Waals surface area contributed by atoms with Gasteiger partial charge in [0.2, 0.25) is 0 Å². The van der Waals surface area contributed by atoms with Crippen LogP contribution in [0.4, 0.5) is 0 Å². The second-order valence-electron chi connectivity index (χ2n) is 4.45. The molecule has 0 N–H and O–H groups in total. The number of ether oxygens (including phenoxy) is 1. The minimum absolute atomic E-state index is 0.373. The normalized spacial score (nSPS) is 29.2. The Morgan fingerprint density at radius 1 is 1.33 bits per heavy atom. The highest BCUT2D eigenvalue weighted by molar-refractivity contribution is 5.23. The Kier molecular flexibility index (Phi) is 2.62. The Labute approximate surface area is 75.8 Å². The summed E-state index contributed by atoms with van der Waals surface area (Å²) in [6, 6.07) is 0. The predicted molar refractivity (Wildman–Crippen MR) is 52.2 cm³/mol. The molecule has 0 aliphatic heterocycles. The Bertz CT molecular complexity index is 201. The highest BCUT2D eigenvalue weighted by Crippen LogP contribution is 2.40. The minimum Gasteiger partial charge on any atom is -0.377 e. The maximum Gasteiger partial charge on any atom is 0.0781 e. The summed E-state index contributed by atoms with van der Waals surface area (Å²) in [4.78, 5) is 0. The maximum absolute atomic E-state index is 5.41. The Morgan fingerprint density at radius 2 is 1.92 bits per heavy atom. The van der Waals surface area contributed by atoms with Crippen molar-refractivity contribution < 1.29 is 4.74 Å². The fourth-order valence-corrected chi connectivity index (χ4v) is 1.97. The smallest absolute Gasteiger partial charge is 0.0781 e. The molecule has 0 aromatic rings. The van der Waals surface area contributed by atoms with E-state index in [1.165, 1.54) is 24.0 Å². The predicted octanol–water partition coefficient (Wildman–Crippen LogP) is 3.16. The van der Waals surface area contributed by atoms with Crippen LogP contribution in [0.1, 0.15) is 40.5 Å². The minimum atomic E-state index is 0.373. The monoisotopic (exact) mass is 168 g/mol. The zero-order chi connectivity index (χ0) is 9.35. The molecule has 1 aliphatic rings.